The van der Waals surface area contributed by atoms with Crippen LogP contribution >= 0.6 is 11.8 Å². The van der Waals surface area contributed by atoms with Crippen molar-refractivity contribution in [1.29, 1.82) is 0 Å². The van der Waals surface area contributed by atoms with Crippen molar-refractivity contribution in [3.63, 3.8) is 0 Å². The zero-order valence-electron chi connectivity index (χ0n) is 13.6. The first-order chi connectivity index (χ1) is 12.2. The largest absolute Gasteiger partial charge is 0.486 e. The zero-order valence-corrected chi connectivity index (χ0v) is 14.4. The van der Waals surface area contributed by atoms with Gasteiger partial charge in [0.25, 0.3) is 0 Å². The monoisotopic (exact) mass is 357 g/mol. The summed E-state index contributed by atoms with van der Waals surface area (Å²) in [4.78, 5) is 1.08. The summed E-state index contributed by atoms with van der Waals surface area (Å²) >= 11 is 1.65. The van der Waals surface area contributed by atoms with Crippen LogP contribution in [0.4, 0.5) is 4.39 Å². The SMILES string of the molecule is Cc1c(CSc2ccc3c(c2)OCCO3)noc1-c1ccc(F)cc1. The summed E-state index contributed by atoms with van der Waals surface area (Å²) in [7, 11) is 0. The molecule has 0 unspecified atom stereocenters. The van der Waals surface area contributed by atoms with Gasteiger partial charge in [-0.15, -0.1) is 11.8 Å². The van der Waals surface area contributed by atoms with Crippen molar-refractivity contribution in [2.24, 2.45) is 0 Å². The number of aromatic nitrogens is 1. The van der Waals surface area contributed by atoms with E-state index in [2.05, 4.69) is 5.16 Å². The molecule has 1 aliphatic rings. The van der Waals surface area contributed by atoms with E-state index >= 15 is 0 Å². The van der Waals surface area contributed by atoms with Crippen LogP contribution in [0, 0.1) is 12.7 Å². The maximum absolute atomic E-state index is 13.1. The van der Waals surface area contributed by atoms with E-state index in [9.17, 15) is 4.39 Å². The summed E-state index contributed by atoms with van der Waals surface area (Å²) < 4.78 is 29.7. The van der Waals surface area contributed by atoms with E-state index in [1.165, 1.54) is 12.1 Å². The molecule has 25 heavy (non-hydrogen) atoms. The van der Waals surface area contributed by atoms with Gasteiger partial charge in [-0.1, -0.05) is 5.16 Å². The Bertz CT molecular complexity index is 892. The lowest BCUT2D eigenvalue weighted by molar-refractivity contribution is 0.171. The van der Waals surface area contributed by atoms with Crippen molar-refractivity contribution >= 4 is 11.8 Å². The first-order valence-electron chi connectivity index (χ1n) is 7.94. The quantitative estimate of drug-likeness (QED) is 0.625. The molecule has 1 aromatic heterocycles. The van der Waals surface area contributed by atoms with Crippen molar-refractivity contribution in [2.75, 3.05) is 13.2 Å². The highest BCUT2D eigenvalue weighted by Gasteiger charge is 2.16. The predicted molar refractivity (Wildman–Crippen MR) is 93.6 cm³/mol. The molecule has 0 spiro atoms. The maximum atomic E-state index is 13.1. The van der Waals surface area contributed by atoms with E-state index < -0.39 is 0 Å². The highest BCUT2D eigenvalue weighted by Crippen LogP contribution is 2.36. The van der Waals surface area contributed by atoms with Gasteiger partial charge in [-0.3, -0.25) is 0 Å². The molecule has 4 rings (SSSR count). The van der Waals surface area contributed by atoms with Gasteiger partial charge in [0, 0.05) is 21.8 Å². The second kappa shape index (κ2) is 6.80. The standard InChI is InChI=1S/C19H16FNO3S/c1-12-16(21-24-19(12)13-2-4-14(20)5-3-13)11-25-15-6-7-17-18(10-15)23-9-8-22-17/h2-7,10H,8-9,11H2,1H3. The van der Waals surface area contributed by atoms with Crippen LogP contribution in [0.25, 0.3) is 11.3 Å². The molecule has 0 amide bonds. The van der Waals surface area contributed by atoms with Crippen molar-refractivity contribution < 1.29 is 18.4 Å². The lowest BCUT2D eigenvalue weighted by atomic mass is 10.1. The minimum Gasteiger partial charge on any atom is -0.486 e. The molecule has 0 radical (unpaired) electrons. The number of hydrogen-bond acceptors (Lipinski definition) is 5. The third kappa shape index (κ3) is 3.35. The molecule has 0 N–H and O–H groups in total. The predicted octanol–water partition coefficient (Wildman–Crippen LogP) is 4.85. The smallest absolute Gasteiger partial charge is 0.170 e. The Morgan fingerprint density at radius 2 is 1.80 bits per heavy atom. The van der Waals surface area contributed by atoms with Gasteiger partial charge >= 0.3 is 0 Å². The molecule has 0 bridgehead atoms. The minimum absolute atomic E-state index is 0.268. The van der Waals surface area contributed by atoms with Crippen LogP contribution in [0.3, 0.4) is 0 Å². The minimum atomic E-state index is -0.268. The molecule has 3 aromatic rings. The number of nitrogens with zero attached hydrogens (tertiary/aromatic N) is 1. The van der Waals surface area contributed by atoms with Crippen molar-refractivity contribution in [2.45, 2.75) is 17.6 Å². The van der Waals surface area contributed by atoms with Gasteiger partial charge in [-0.05, 0) is 49.4 Å². The van der Waals surface area contributed by atoms with Gasteiger partial charge in [-0.25, -0.2) is 4.39 Å². The molecular weight excluding hydrogens is 341 g/mol. The van der Waals surface area contributed by atoms with E-state index in [0.29, 0.717) is 24.7 Å². The third-order valence-corrected chi connectivity index (χ3v) is 5.02. The van der Waals surface area contributed by atoms with Gasteiger partial charge in [0.1, 0.15) is 19.0 Å². The fraction of sp³-hybridized carbons (Fsp3) is 0.211. The number of rotatable bonds is 4. The van der Waals surface area contributed by atoms with Crippen LogP contribution in [0.5, 0.6) is 11.5 Å². The van der Waals surface area contributed by atoms with E-state index in [1.54, 1.807) is 23.9 Å². The van der Waals surface area contributed by atoms with E-state index in [-0.39, 0.29) is 5.82 Å². The Balaban J connectivity index is 1.49. The van der Waals surface area contributed by atoms with E-state index in [1.807, 2.05) is 25.1 Å². The first-order valence-corrected chi connectivity index (χ1v) is 8.93. The summed E-state index contributed by atoms with van der Waals surface area (Å²) in [5, 5.41) is 4.17. The molecule has 6 heteroatoms. The molecule has 2 heterocycles. The van der Waals surface area contributed by atoms with Crippen LogP contribution in [0.1, 0.15) is 11.3 Å². The van der Waals surface area contributed by atoms with Crippen LogP contribution in [0.15, 0.2) is 51.9 Å². The van der Waals surface area contributed by atoms with Gasteiger partial charge in [-0.2, -0.15) is 0 Å². The lowest BCUT2D eigenvalue weighted by Gasteiger charge is -2.18. The van der Waals surface area contributed by atoms with Gasteiger partial charge in [0.05, 0.1) is 5.69 Å². The molecule has 1 aliphatic heterocycles. The molecule has 128 valence electrons. The zero-order chi connectivity index (χ0) is 17.2. The Morgan fingerprint density at radius 1 is 1.04 bits per heavy atom. The van der Waals surface area contributed by atoms with Crippen LogP contribution in [0.2, 0.25) is 0 Å². The average molecular weight is 357 g/mol. The van der Waals surface area contributed by atoms with Gasteiger partial charge in [0.2, 0.25) is 0 Å². The second-order valence-corrected chi connectivity index (χ2v) is 6.73. The topological polar surface area (TPSA) is 44.5 Å². The summed E-state index contributed by atoms with van der Waals surface area (Å²) in [6, 6.07) is 12.1. The Labute approximate surface area is 148 Å². The van der Waals surface area contributed by atoms with Crippen molar-refractivity contribution in [3.05, 3.63) is 59.5 Å². The second-order valence-electron chi connectivity index (χ2n) is 5.68. The summed E-state index contributed by atoms with van der Waals surface area (Å²) in [5.41, 5.74) is 2.66. The normalized spacial score (nSPS) is 13.0. The van der Waals surface area contributed by atoms with Crippen LogP contribution < -0.4 is 9.47 Å². The molecule has 0 fully saturated rings. The Kier molecular flexibility index (Phi) is 4.36. The highest BCUT2D eigenvalue weighted by molar-refractivity contribution is 7.98. The number of halogens is 1. The van der Waals surface area contributed by atoms with Gasteiger partial charge in [0.15, 0.2) is 17.3 Å². The number of ether oxygens (including phenoxy) is 2. The van der Waals surface area contributed by atoms with Crippen molar-refractivity contribution in [1.82, 2.24) is 5.16 Å². The molecule has 0 saturated heterocycles. The van der Waals surface area contributed by atoms with E-state index in [0.717, 1.165) is 33.2 Å². The van der Waals surface area contributed by atoms with Crippen molar-refractivity contribution in [3.8, 4) is 22.8 Å². The Morgan fingerprint density at radius 3 is 2.60 bits per heavy atom. The van der Waals surface area contributed by atoms with Gasteiger partial charge < -0.3 is 14.0 Å². The highest BCUT2D eigenvalue weighted by atomic mass is 32.2. The molecular formula is C19H16FNO3S. The number of benzene rings is 2. The van der Waals surface area contributed by atoms with Crippen LogP contribution in [-0.4, -0.2) is 18.4 Å². The van der Waals surface area contributed by atoms with Crippen LogP contribution in [-0.2, 0) is 5.75 Å². The Hall–Kier alpha value is -2.47. The fourth-order valence-corrected chi connectivity index (χ4v) is 3.57. The summed E-state index contributed by atoms with van der Waals surface area (Å²) in [6.07, 6.45) is 0. The maximum Gasteiger partial charge on any atom is 0.170 e. The molecule has 4 nitrogen and oxygen atoms in total. The molecule has 0 atom stereocenters. The third-order valence-electron chi connectivity index (χ3n) is 4.02. The average Bonchev–Trinajstić information content (AvgIpc) is 3.01. The number of thioether (sulfide) groups is 1. The summed E-state index contributed by atoms with van der Waals surface area (Å²) in [5.74, 6) is 2.65. The first kappa shape index (κ1) is 16.0. The number of hydrogen-bond donors (Lipinski definition) is 0. The number of fused-ring (bicyclic) bond motifs is 1. The lowest BCUT2D eigenvalue weighted by Crippen LogP contribution is -2.15. The summed E-state index contributed by atoms with van der Waals surface area (Å²) in [6.45, 7) is 3.13. The molecule has 0 saturated carbocycles. The molecule has 2 aromatic carbocycles. The molecule has 0 aliphatic carbocycles. The fourth-order valence-electron chi connectivity index (χ4n) is 2.64. The van der Waals surface area contributed by atoms with E-state index in [4.69, 9.17) is 14.0 Å².